The van der Waals surface area contributed by atoms with E-state index in [1.54, 1.807) is 17.0 Å². The second-order valence-electron chi connectivity index (χ2n) is 5.98. The highest BCUT2D eigenvalue weighted by Crippen LogP contribution is 2.17. The zero-order valence-electron chi connectivity index (χ0n) is 13.2. The number of nitrogens with zero attached hydrogens (tertiary/aromatic N) is 3. The summed E-state index contributed by atoms with van der Waals surface area (Å²) < 4.78 is 0. The van der Waals surface area contributed by atoms with Gasteiger partial charge in [-0.2, -0.15) is 5.26 Å². The molecule has 0 spiro atoms. The Hall–Kier alpha value is -2.09. The highest BCUT2D eigenvalue weighted by Gasteiger charge is 2.15. The average molecular weight is 300 g/mol. The molecule has 0 unspecified atom stereocenters. The van der Waals surface area contributed by atoms with Crippen molar-refractivity contribution in [2.45, 2.75) is 51.0 Å². The molecule has 0 saturated heterocycles. The third-order valence-electron chi connectivity index (χ3n) is 4.12. The molecule has 1 aromatic rings. The Bertz CT molecular complexity index is 512. The first-order chi connectivity index (χ1) is 10.7. The SMILES string of the molecule is CN(CC(=O)NC1CCCCCCC1)c1ccc(C#N)cn1. The van der Waals surface area contributed by atoms with Crippen molar-refractivity contribution >= 4 is 11.7 Å². The molecule has 1 N–H and O–H groups in total. The second kappa shape index (κ2) is 8.38. The molecule has 1 aliphatic rings. The van der Waals surface area contributed by atoms with E-state index < -0.39 is 0 Å². The number of carbonyl (C=O) groups excluding carboxylic acids is 1. The van der Waals surface area contributed by atoms with E-state index in [1.165, 1.54) is 38.3 Å². The Kier molecular flexibility index (Phi) is 6.20. The van der Waals surface area contributed by atoms with Crippen LogP contribution in [0.5, 0.6) is 0 Å². The summed E-state index contributed by atoms with van der Waals surface area (Å²) in [5.74, 6) is 0.742. The van der Waals surface area contributed by atoms with Crippen molar-refractivity contribution in [1.29, 1.82) is 5.26 Å². The molecule has 22 heavy (non-hydrogen) atoms. The van der Waals surface area contributed by atoms with E-state index in [0.29, 0.717) is 17.4 Å². The van der Waals surface area contributed by atoms with E-state index >= 15 is 0 Å². The minimum Gasteiger partial charge on any atom is -0.352 e. The number of likely N-dealkylation sites (N-methyl/N-ethyl adjacent to an activating group) is 1. The maximum Gasteiger partial charge on any atom is 0.239 e. The van der Waals surface area contributed by atoms with Crippen molar-refractivity contribution in [3.05, 3.63) is 23.9 Å². The molecule has 0 bridgehead atoms. The fourth-order valence-corrected chi connectivity index (χ4v) is 2.85. The van der Waals surface area contributed by atoms with Gasteiger partial charge in [0.05, 0.1) is 12.1 Å². The van der Waals surface area contributed by atoms with Crippen LogP contribution in [0.1, 0.15) is 50.5 Å². The number of anilines is 1. The van der Waals surface area contributed by atoms with Crippen LogP contribution in [0.25, 0.3) is 0 Å². The number of carbonyl (C=O) groups is 1. The number of pyridine rings is 1. The summed E-state index contributed by atoms with van der Waals surface area (Å²) in [6.07, 6.45) is 10.0. The van der Waals surface area contributed by atoms with Gasteiger partial charge >= 0.3 is 0 Å². The van der Waals surface area contributed by atoms with Gasteiger partial charge in [-0.1, -0.05) is 32.1 Å². The first kappa shape index (κ1) is 16.3. The third kappa shape index (κ3) is 5.03. The molecular weight excluding hydrogens is 276 g/mol. The molecule has 5 heteroatoms. The van der Waals surface area contributed by atoms with Gasteiger partial charge < -0.3 is 10.2 Å². The third-order valence-corrected chi connectivity index (χ3v) is 4.12. The van der Waals surface area contributed by atoms with Crippen molar-refractivity contribution in [3.8, 4) is 6.07 Å². The van der Waals surface area contributed by atoms with Crippen molar-refractivity contribution in [2.24, 2.45) is 0 Å². The highest BCUT2D eigenvalue weighted by molar-refractivity contribution is 5.81. The fraction of sp³-hybridized carbons (Fsp3) is 0.588. The van der Waals surface area contributed by atoms with Gasteiger partial charge in [0.2, 0.25) is 5.91 Å². The minimum atomic E-state index is 0.0410. The minimum absolute atomic E-state index is 0.0410. The normalized spacial score (nSPS) is 16.2. The van der Waals surface area contributed by atoms with E-state index in [1.807, 2.05) is 13.1 Å². The number of rotatable bonds is 4. The molecule has 1 saturated carbocycles. The first-order valence-electron chi connectivity index (χ1n) is 8.05. The lowest BCUT2D eigenvalue weighted by molar-refractivity contribution is -0.120. The first-order valence-corrected chi connectivity index (χ1v) is 8.05. The summed E-state index contributed by atoms with van der Waals surface area (Å²) >= 11 is 0. The van der Waals surface area contributed by atoms with Crippen LogP contribution in [0.4, 0.5) is 5.82 Å². The lowest BCUT2D eigenvalue weighted by atomic mass is 9.97. The monoisotopic (exact) mass is 300 g/mol. The van der Waals surface area contributed by atoms with Gasteiger partial charge in [0.1, 0.15) is 11.9 Å². The van der Waals surface area contributed by atoms with Crippen LogP contribution in [0, 0.1) is 11.3 Å². The predicted molar refractivity (Wildman–Crippen MR) is 86.5 cm³/mol. The smallest absolute Gasteiger partial charge is 0.239 e. The van der Waals surface area contributed by atoms with Gasteiger partial charge in [-0.3, -0.25) is 4.79 Å². The van der Waals surface area contributed by atoms with Gasteiger partial charge in [-0.05, 0) is 25.0 Å². The standard InChI is InChI=1S/C17H24N4O/c1-21(16-10-9-14(11-18)12-19-16)13-17(22)20-15-7-5-3-2-4-6-8-15/h9-10,12,15H,2-8,13H2,1H3,(H,20,22). The highest BCUT2D eigenvalue weighted by atomic mass is 16.2. The summed E-state index contributed by atoms with van der Waals surface area (Å²) in [6, 6.07) is 5.83. The van der Waals surface area contributed by atoms with Crippen molar-refractivity contribution in [3.63, 3.8) is 0 Å². The Morgan fingerprint density at radius 2 is 2.00 bits per heavy atom. The second-order valence-corrected chi connectivity index (χ2v) is 5.98. The molecule has 1 aliphatic carbocycles. The number of hydrogen-bond donors (Lipinski definition) is 1. The topological polar surface area (TPSA) is 69.0 Å². The summed E-state index contributed by atoms with van der Waals surface area (Å²) in [7, 11) is 1.84. The van der Waals surface area contributed by atoms with Crippen molar-refractivity contribution in [2.75, 3.05) is 18.5 Å². The van der Waals surface area contributed by atoms with Gasteiger partial charge in [-0.25, -0.2) is 4.98 Å². The van der Waals surface area contributed by atoms with E-state index in [4.69, 9.17) is 5.26 Å². The molecule has 2 rings (SSSR count). The Morgan fingerprint density at radius 3 is 2.59 bits per heavy atom. The van der Waals surface area contributed by atoms with Crippen molar-refractivity contribution in [1.82, 2.24) is 10.3 Å². The molecule has 0 aliphatic heterocycles. The molecule has 1 amide bonds. The molecule has 0 atom stereocenters. The zero-order chi connectivity index (χ0) is 15.8. The maximum absolute atomic E-state index is 12.2. The number of hydrogen-bond acceptors (Lipinski definition) is 4. The van der Waals surface area contributed by atoms with Crippen LogP contribution >= 0.6 is 0 Å². The Balaban J connectivity index is 1.83. The summed E-state index contributed by atoms with van der Waals surface area (Å²) in [4.78, 5) is 18.2. The van der Waals surface area contributed by atoms with E-state index in [0.717, 1.165) is 12.8 Å². The fourth-order valence-electron chi connectivity index (χ4n) is 2.85. The zero-order valence-corrected chi connectivity index (χ0v) is 13.2. The van der Waals surface area contributed by atoms with Crippen LogP contribution in [0.3, 0.4) is 0 Å². The molecule has 1 fully saturated rings. The van der Waals surface area contributed by atoms with E-state index in [2.05, 4.69) is 10.3 Å². The van der Waals surface area contributed by atoms with Gasteiger partial charge in [0.25, 0.3) is 0 Å². The molecule has 1 heterocycles. The molecule has 118 valence electrons. The van der Waals surface area contributed by atoms with Crippen LogP contribution in [0.2, 0.25) is 0 Å². The van der Waals surface area contributed by atoms with Crippen molar-refractivity contribution < 1.29 is 4.79 Å². The van der Waals surface area contributed by atoms with Gasteiger partial charge in [-0.15, -0.1) is 0 Å². The van der Waals surface area contributed by atoms with Crippen LogP contribution in [0.15, 0.2) is 18.3 Å². The van der Waals surface area contributed by atoms with E-state index in [-0.39, 0.29) is 12.5 Å². The number of nitrogens with one attached hydrogen (secondary N) is 1. The van der Waals surface area contributed by atoms with Gasteiger partial charge in [0, 0.05) is 19.3 Å². The lowest BCUT2D eigenvalue weighted by Crippen LogP contribution is -2.41. The average Bonchev–Trinajstić information content (AvgIpc) is 2.50. The Labute approximate surface area is 132 Å². The predicted octanol–water partition coefficient (Wildman–Crippen LogP) is 2.62. The summed E-state index contributed by atoms with van der Waals surface area (Å²) in [6.45, 7) is 0.287. The molecule has 1 aromatic heterocycles. The molecular formula is C17H24N4O. The molecule has 0 aromatic carbocycles. The van der Waals surface area contributed by atoms with Crippen LogP contribution in [-0.2, 0) is 4.79 Å². The maximum atomic E-state index is 12.2. The van der Waals surface area contributed by atoms with Gasteiger partial charge in [0.15, 0.2) is 0 Å². The molecule has 5 nitrogen and oxygen atoms in total. The van der Waals surface area contributed by atoms with Crippen LogP contribution in [-0.4, -0.2) is 30.5 Å². The lowest BCUT2D eigenvalue weighted by Gasteiger charge is -2.23. The quantitative estimate of drug-likeness (QED) is 0.928. The van der Waals surface area contributed by atoms with Crippen LogP contribution < -0.4 is 10.2 Å². The summed E-state index contributed by atoms with van der Waals surface area (Å²) in [5.41, 5.74) is 0.524. The summed E-state index contributed by atoms with van der Waals surface area (Å²) in [5, 5.41) is 11.9. The van der Waals surface area contributed by atoms with E-state index in [9.17, 15) is 4.79 Å². The number of amides is 1. The molecule has 0 radical (unpaired) electrons. The largest absolute Gasteiger partial charge is 0.352 e. The number of aromatic nitrogens is 1. The number of nitriles is 1. The Morgan fingerprint density at radius 1 is 1.32 bits per heavy atom.